The number of rotatable bonds is 5. The van der Waals surface area contributed by atoms with E-state index in [2.05, 4.69) is 176 Å². The Morgan fingerprint density at radius 3 is 1.44 bits per heavy atom. The maximum absolute atomic E-state index is 8.57. The van der Waals surface area contributed by atoms with Gasteiger partial charge in [0.1, 0.15) is 0 Å². The molecule has 1 nitrogen and oxygen atoms in total. The van der Waals surface area contributed by atoms with Crippen LogP contribution in [0.25, 0.3) is 44.5 Å². The second-order valence-corrected chi connectivity index (χ2v) is 15.7. The van der Waals surface area contributed by atoms with Crippen LogP contribution in [0.3, 0.4) is 0 Å². The first-order chi connectivity index (χ1) is 27.7. The van der Waals surface area contributed by atoms with Gasteiger partial charge in [0.05, 0.1) is 5.41 Å². The van der Waals surface area contributed by atoms with Crippen LogP contribution in [0.15, 0.2) is 182 Å². The van der Waals surface area contributed by atoms with E-state index in [1.54, 1.807) is 6.92 Å². The van der Waals surface area contributed by atoms with Crippen molar-refractivity contribution < 1.29 is 2.74 Å². The summed E-state index contributed by atoms with van der Waals surface area (Å²) >= 11 is 0. The SMILES string of the molecule is [2H]C([2H])(C)c1ccccc1-c1ccc(N(c2ccc3c(c2)-c2ccccc2C3(C)C)c2ccc3c(c2)C2(c4ccccc4-c4ccccc42)c2ccccc2-3)cc1. The Labute approximate surface area is 327 Å². The molecule has 0 unspecified atom stereocenters. The molecular weight excluding hydrogens is 663 g/mol. The number of anilines is 3. The highest BCUT2D eigenvalue weighted by Gasteiger charge is 2.51. The van der Waals surface area contributed by atoms with Gasteiger partial charge < -0.3 is 4.90 Å². The molecule has 0 heterocycles. The summed E-state index contributed by atoms with van der Waals surface area (Å²) in [5, 5.41) is 0. The summed E-state index contributed by atoms with van der Waals surface area (Å²) in [6.07, 6.45) is -1.47. The summed E-state index contributed by atoms with van der Waals surface area (Å²) in [5.74, 6) is 0. The van der Waals surface area contributed by atoms with E-state index in [0.717, 1.165) is 28.2 Å². The monoisotopic (exact) mass is 705 g/mol. The Morgan fingerprint density at radius 2 is 0.836 bits per heavy atom. The lowest BCUT2D eigenvalue weighted by Crippen LogP contribution is -2.26. The van der Waals surface area contributed by atoms with Gasteiger partial charge in [0, 0.05) is 25.2 Å². The lowest BCUT2D eigenvalue weighted by Gasteiger charge is -2.32. The van der Waals surface area contributed by atoms with Crippen LogP contribution >= 0.6 is 0 Å². The van der Waals surface area contributed by atoms with E-state index >= 15 is 0 Å². The highest BCUT2D eigenvalue weighted by atomic mass is 15.1. The molecule has 0 fully saturated rings. The van der Waals surface area contributed by atoms with Crippen LogP contribution in [0, 0.1) is 0 Å². The van der Waals surface area contributed by atoms with Crippen LogP contribution in [0.5, 0.6) is 0 Å². The van der Waals surface area contributed by atoms with Gasteiger partial charge in [-0.05, 0) is 126 Å². The highest BCUT2D eigenvalue weighted by molar-refractivity contribution is 5.96. The van der Waals surface area contributed by atoms with E-state index in [4.69, 9.17) is 2.74 Å². The molecule has 262 valence electrons. The quantitative estimate of drug-likeness (QED) is 0.172. The fourth-order valence-corrected chi connectivity index (χ4v) is 10.3. The lowest BCUT2D eigenvalue weighted by atomic mass is 9.70. The van der Waals surface area contributed by atoms with Crippen LogP contribution in [0.2, 0.25) is 0 Å². The molecule has 0 saturated carbocycles. The van der Waals surface area contributed by atoms with E-state index in [1.165, 1.54) is 66.8 Å². The van der Waals surface area contributed by atoms with Crippen molar-refractivity contribution in [3.8, 4) is 44.5 Å². The molecule has 1 heteroatoms. The van der Waals surface area contributed by atoms with Crippen molar-refractivity contribution in [1.82, 2.24) is 0 Å². The zero-order chi connectivity index (χ0) is 38.7. The predicted molar refractivity (Wildman–Crippen MR) is 230 cm³/mol. The van der Waals surface area contributed by atoms with Crippen LogP contribution in [-0.2, 0) is 17.2 Å². The number of nitrogens with zero attached hydrogens (tertiary/aromatic N) is 1. The largest absolute Gasteiger partial charge is 0.310 e. The van der Waals surface area contributed by atoms with E-state index in [0.29, 0.717) is 5.56 Å². The van der Waals surface area contributed by atoms with Crippen molar-refractivity contribution in [3.63, 3.8) is 0 Å². The first kappa shape index (κ1) is 29.9. The number of aryl methyl sites for hydroxylation is 1. The lowest BCUT2D eigenvalue weighted by molar-refractivity contribution is 0.660. The van der Waals surface area contributed by atoms with Crippen LogP contribution in [0.4, 0.5) is 17.1 Å². The number of benzene rings is 8. The number of fused-ring (bicyclic) bond motifs is 13. The molecule has 1 spiro atoms. The van der Waals surface area contributed by atoms with Gasteiger partial charge in [0.15, 0.2) is 0 Å². The van der Waals surface area contributed by atoms with Crippen molar-refractivity contribution in [2.45, 2.75) is 38.0 Å². The molecule has 0 bridgehead atoms. The first-order valence-corrected chi connectivity index (χ1v) is 19.4. The molecule has 0 N–H and O–H groups in total. The normalized spacial score (nSPS) is 15.3. The zero-order valence-corrected chi connectivity index (χ0v) is 31.3. The summed E-state index contributed by atoms with van der Waals surface area (Å²) in [6.45, 7) is 6.30. The molecule has 0 aromatic heterocycles. The average Bonchev–Trinajstić information content (AvgIpc) is 3.79. The smallest absolute Gasteiger partial charge is 0.0726 e. The second kappa shape index (κ2) is 11.8. The molecule has 3 aliphatic rings. The van der Waals surface area contributed by atoms with Crippen molar-refractivity contribution in [3.05, 3.63) is 221 Å². The first-order valence-electron chi connectivity index (χ1n) is 20.4. The average molecular weight is 706 g/mol. The molecule has 8 aromatic carbocycles. The van der Waals surface area contributed by atoms with E-state index in [1.807, 2.05) is 24.3 Å². The van der Waals surface area contributed by atoms with Crippen LogP contribution < -0.4 is 4.90 Å². The summed E-state index contributed by atoms with van der Waals surface area (Å²) in [5.41, 5.74) is 21.0. The third-order valence-corrected chi connectivity index (χ3v) is 12.7. The minimum Gasteiger partial charge on any atom is -0.310 e. The third kappa shape index (κ3) is 4.36. The maximum Gasteiger partial charge on any atom is 0.0726 e. The maximum atomic E-state index is 8.57. The Balaban J connectivity index is 1.15. The minimum absolute atomic E-state index is 0.0937. The number of hydrogen-bond donors (Lipinski definition) is 0. The Bertz CT molecular complexity index is 2870. The molecule has 0 radical (unpaired) electrons. The van der Waals surface area contributed by atoms with Crippen LogP contribution in [-0.4, -0.2) is 0 Å². The molecule has 55 heavy (non-hydrogen) atoms. The van der Waals surface area contributed by atoms with Gasteiger partial charge in [-0.2, -0.15) is 0 Å². The van der Waals surface area contributed by atoms with Gasteiger partial charge in [-0.3, -0.25) is 0 Å². The summed E-state index contributed by atoms with van der Waals surface area (Å²) < 4.78 is 17.1. The fraction of sp³-hybridized carbons (Fsp3) is 0.111. The standard InChI is InChI=1S/C54H41N/c1-4-35-15-5-6-16-40(35)36-25-27-37(28-26-36)55(38-30-32-48-46(33-38)44-20-7-11-21-47(44)53(48,2)3)39-29-31-45-43-19-10-14-24-51(43)54(52(45)34-39)49-22-12-8-17-41(49)42-18-9-13-23-50(42)54/h5-34H,4H2,1-3H3/i4D2. The molecule has 8 aromatic rings. The topological polar surface area (TPSA) is 3.24 Å². The van der Waals surface area contributed by atoms with E-state index in [-0.39, 0.29) is 5.41 Å². The molecule has 3 aliphatic carbocycles. The van der Waals surface area contributed by atoms with Crippen molar-refractivity contribution in [2.75, 3.05) is 4.90 Å². The second-order valence-electron chi connectivity index (χ2n) is 15.7. The van der Waals surface area contributed by atoms with Gasteiger partial charge in [-0.15, -0.1) is 0 Å². The van der Waals surface area contributed by atoms with Gasteiger partial charge in [-0.25, -0.2) is 0 Å². The van der Waals surface area contributed by atoms with Crippen molar-refractivity contribution >= 4 is 17.1 Å². The molecular formula is C54H41N. The Kier molecular flexibility index (Phi) is 6.41. The van der Waals surface area contributed by atoms with Gasteiger partial charge in [0.2, 0.25) is 0 Å². The Morgan fingerprint density at radius 1 is 0.400 bits per heavy atom. The summed E-state index contributed by atoms with van der Waals surface area (Å²) in [6, 6.07) is 66.4. The highest BCUT2D eigenvalue weighted by Crippen LogP contribution is 2.63. The van der Waals surface area contributed by atoms with Crippen LogP contribution in [0.1, 0.15) is 62.5 Å². The molecule has 0 amide bonds. The van der Waals surface area contributed by atoms with Crippen molar-refractivity contribution in [1.29, 1.82) is 0 Å². The molecule has 11 rings (SSSR count). The predicted octanol–water partition coefficient (Wildman–Crippen LogP) is 14.0. The molecule has 0 saturated heterocycles. The van der Waals surface area contributed by atoms with Crippen molar-refractivity contribution in [2.24, 2.45) is 0 Å². The third-order valence-electron chi connectivity index (χ3n) is 12.7. The Hall–Kier alpha value is -6.44. The van der Waals surface area contributed by atoms with Gasteiger partial charge in [-0.1, -0.05) is 166 Å². The molecule has 0 aliphatic heterocycles. The summed E-state index contributed by atoms with van der Waals surface area (Å²) in [7, 11) is 0. The molecule has 0 atom stereocenters. The van der Waals surface area contributed by atoms with E-state index in [9.17, 15) is 0 Å². The number of hydrogen-bond acceptors (Lipinski definition) is 1. The van der Waals surface area contributed by atoms with E-state index < -0.39 is 11.8 Å². The van der Waals surface area contributed by atoms with Gasteiger partial charge >= 0.3 is 0 Å². The zero-order valence-electron chi connectivity index (χ0n) is 33.3. The summed E-state index contributed by atoms with van der Waals surface area (Å²) in [4.78, 5) is 2.41. The minimum atomic E-state index is -1.47. The fourth-order valence-electron chi connectivity index (χ4n) is 10.3. The van der Waals surface area contributed by atoms with Gasteiger partial charge in [0.25, 0.3) is 0 Å².